The van der Waals surface area contributed by atoms with Gasteiger partial charge in [0.1, 0.15) is 0 Å². The Morgan fingerprint density at radius 1 is 1.44 bits per heavy atom. The van der Waals surface area contributed by atoms with Crippen LogP contribution in [0.3, 0.4) is 0 Å². The van der Waals surface area contributed by atoms with Crippen molar-refractivity contribution in [3.8, 4) is 0 Å². The van der Waals surface area contributed by atoms with E-state index >= 15 is 0 Å². The number of hydrogen-bond acceptors (Lipinski definition) is 2. The zero-order valence-corrected chi connectivity index (χ0v) is 5.84. The molecule has 1 N–H and O–H groups in total. The van der Waals surface area contributed by atoms with Crippen LogP contribution in [0.2, 0.25) is 0 Å². The molecule has 2 nitrogen and oxygen atoms in total. The molecule has 0 radical (unpaired) electrons. The molecule has 1 heterocycles. The van der Waals surface area contributed by atoms with Gasteiger partial charge in [-0.1, -0.05) is 13.3 Å². The van der Waals surface area contributed by atoms with Crippen LogP contribution in [-0.2, 0) is 4.74 Å². The average molecular weight is 130 g/mol. The van der Waals surface area contributed by atoms with Crippen molar-refractivity contribution in [1.29, 1.82) is 0 Å². The van der Waals surface area contributed by atoms with E-state index in [0.717, 1.165) is 19.4 Å². The summed E-state index contributed by atoms with van der Waals surface area (Å²) in [5.74, 6) is 0.326. The molecule has 2 heteroatoms. The highest BCUT2D eigenvalue weighted by molar-refractivity contribution is 4.59. The highest BCUT2D eigenvalue weighted by atomic mass is 16.6. The molecule has 2 atom stereocenters. The van der Waals surface area contributed by atoms with Gasteiger partial charge in [0.15, 0.2) is 6.29 Å². The lowest BCUT2D eigenvalue weighted by molar-refractivity contribution is -0.122. The first-order chi connectivity index (χ1) is 4.30. The van der Waals surface area contributed by atoms with E-state index in [1.807, 2.05) is 6.92 Å². The molecule has 9 heavy (non-hydrogen) atoms. The monoisotopic (exact) mass is 130 g/mol. The molecule has 0 aromatic rings. The van der Waals surface area contributed by atoms with E-state index in [-0.39, 0.29) is 0 Å². The van der Waals surface area contributed by atoms with Crippen molar-refractivity contribution in [2.24, 2.45) is 5.92 Å². The Hall–Kier alpha value is -0.0800. The molecule has 0 bridgehead atoms. The molecule has 1 rings (SSSR count). The predicted molar refractivity (Wildman–Crippen MR) is 35.0 cm³/mol. The summed E-state index contributed by atoms with van der Waals surface area (Å²) in [6.07, 6.45) is 2.88. The van der Waals surface area contributed by atoms with E-state index in [4.69, 9.17) is 9.84 Å². The van der Waals surface area contributed by atoms with Crippen LogP contribution >= 0.6 is 0 Å². The first kappa shape index (κ1) is 7.03. The fraction of sp³-hybridized carbons (Fsp3) is 1.00. The largest absolute Gasteiger partial charge is 0.368 e. The lowest BCUT2D eigenvalue weighted by atomic mass is 10.1. The molecule has 0 unspecified atom stereocenters. The number of aliphatic hydroxyl groups excluding tert-OH is 1. The quantitative estimate of drug-likeness (QED) is 0.533. The SMILES string of the molecule is C[C@@H]1CCCCO[C@@H]1O. The Morgan fingerprint density at radius 2 is 2.22 bits per heavy atom. The van der Waals surface area contributed by atoms with E-state index in [9.17, 15) is 0 Å². The average Bonchev–Trinajstić information content (AvgIpc) is 1.99. The second-order valence-corrected chi connectivity index (χ2v) is 2.73. The summed E-state index contributed by atoms with van der Waals surface area (Å²) in [4.78, 5) is 0. The van der Waals surface area contributed by atoms with Crippen LogP contribution in [0.25, 0.3) is 0 Å². The molecule has 0 aromatic heterocycles. The van der Waals surface area contributed by atoms with Gasteiger partial charge in [-0.25, -0.2) is 0 Å². The van der Waals surface area contributed by atoms with Crippen LogP contribution in [0.15, 0.2) is 0 Å². The van der Waals surface area contributed by atoms with Gasteiger partial charge in [0.05, 0.1) is 0 Å². The van der Waals surface area contributed by atoms with Crippen molar-refractivity contribution in [3.63, 3.8) is 0 Å². The molecule has 0 aromatic carbocycles. The van der Waals surface area contributed by atoms with Crippen LogP contribution in [-0.4, -0.2) is 18.0 Å². The third-order valence-corrected chi connectivity index (χ3v) is 1.83. The fourth-order valence-electron chi connectivity index (χ4n) is 1.08. The van der Waals surface area contributed by atoms with Crippen LogP contribution < -0.4 is 0 Å². The smallest absolute Gasteiger partial charge is 0.157 e. The Morgan fingerprint density at radius 3 is 3.00 bits per heavy atom. The summed E-state index contributed by atoms with van der Waals surface area (Å²) in [5.41, 5.74) is 0. The Labute approximate surface area is 55.8 Å². The van der Waals surface area contributed by atoms with E-state index in [2.05, 4.69) is 0 Å². The molecule has 1 fully saturated rings. The van der Waals surface area contributed by atoms with Crippen molar-refractivity contribution in [3.05, 3.63) is 0 Å². The lowest BCUT2D eigenvalue weighted by Gasteiger charge is -2.13. The van der Waals surface area contributed by atoms with E-state index in [1.54, 1.807) is 0 Å². The first-order valence-electron chi connectivity index (χ1n) is 3.60. The van der Waals surface area contributed by atoms with Crippen LogP contribution in [0.4, 0.5) is 0 Å². The number of hydrogen-bond donors (Lipinski definition) is 1. The van der Waals surface area contributed by atoms with Gasteiger partial charge in [-0.05, 0) is 12.8 Å². The number of aliphatic hydroxyl groups is 1. The molecular weight excluding hydrogens is 116 g/mol. The molecule has 54 valence electrons. The molecule has 0 spiro atoms. The molecule has 0 saturated carbocycles. The topological polar surface area (TPSA) is 29.5 Å². The van der Waals surface area contributed by atoms with Crippen LogP contribution in [0.1, 0.15) is 26.2 Å². The van der Waals surface area contributed by atoms with Crippen molar-refractivity contribution < 1.29 is 9.84 Å². The highest BCUT2D eigenvalue weighted by Crippen LogP contribution is 2.17. The van der Waals surface area contributed by atoms with Crippen molar-refractivity contribution in [1.82, 2.24) is 0 Å². The van der Waals surface area contributed by atoms with Gasteiger partial charge in [-0.2, -0.15) is 0 Å². The molecule has 0 aliphatic carbocycles. The molecule has 1 saturated heterocycles. The van der Waals surface area contributed by atoms with Crippen molar-refractivity contribution in [2.45, 2.75) is 32.5 Å². The molecular formula is C7H14O2. The summed E-state index contributed by atoms with van der Waals surface area (Å²) < 4.78 is 5.07. The number of ether oxygens (including phenoxy) is 1. The zero-order chi connectivity index (χ0) is 6.69. The third kappa shape index (κ3) is 1.95. The summed E-state index contributed by atoms with van der Waals surface area (Å²) >= 11 is 0. The van der Waals surface area contributed by atoms with E-state index < -0.39 is 6.29 Å². The fourth-order valence-corrected chi connectivity index (χ4v) is 1.08. The summed E-state index contributed by atoms with van der Waals surface area (Å²) in [5, 5.41) is 9.14. The summed E-state index contributed by atoms with van der Waals surface area (Å²) in [7, 11) is 0. The second-order valence-electron chi connectivity index (χ2n) is 2.73. The van der Waals surface area contributed by atoms with Gasteiger partial charge < -0.3 is 9.84 Å². The lowest BCUT2D eigenvalue weighted by Crippen LogP contribution is -2.18. The standard InChI is InChI=1S/C7H14O2/c1-6-4-2-3-5-9-7(6)8/h6-8H,2-5H2,1H3/t6-,7+/m1/s1. The van der Waals surface area contributed by atoms with Gasteiger partial charge in [-0.3, -0.25) is 0 Å². The second kappa shape index (κ2) is 3.18. The van der Waals surface area contributed by atoms with E-state index in [1.165, 1.54) is 6.42 Å². The first-order valence-corrected chi connectivity index (χ1v) is 3.60. The molecule has 1 aliphatic heterocycles. The van der Waals surface area contributed by atoms with Gasteiger partial charge >= 0.3 is 0 Å². The maximum Gasteiger partial charge on any atom is 0.157 e. The Kier molecular flexibility index (Phi) is 2.49. The molecule has 1 aliphatic rings. The van der Waals surface area contributed by atoms with Gasteiger partial charge in [0, 0.05) is 12.5 Å². The Bertz CT molecular complexity index is 73.0. The number of rotatable bonds is 0. The minimum atomic E-state index is -0.507. The van der Waals surface area contributed by atoms with Crippen LogP contribution in [0, 0.1) is 5.92 Å². The highest BCUT2D eigenvalue weighted by Gasteiger charge is 2.16. The third-order valence-electron chi connectivity index (χ3n) is 1.83. The van der Waals surface area contributed by atoms with Crippen molar-refractivity contribution >= 4 is 0 Å². The minimum Gasteiger partial charge on any atom is -0.368 e. The maximum atomic E-state index is 9.14. The van der Waals surface area contributed by atoms with Gasteiger partial charge in [0.2, 0.25) is 0 Å². The van der Waals surface area contributed by atoms with Crippen LogP contribution in [0.5, 0.6) is 0 Å². The Balaban J connectivity index is 2.32. The van der Waals surface area contributed by atoms with Gasteiger partial charge in [-0.15, -0.1) is 0 Å². The summed E-state index contributed by atoms with van der Waals surface area (Å²) in [6.45, 7) is 2.75. The predicted octanol–water partition coefficient (Wildman–Crippen LogP) is 1.14. The minimum absolute atomic E-state index is 0.326. The summed E-state index contributed by atoms with van der Waals surface area (Å²) in [6, 6.07) is 0. The zero-order valence-electron chi connectivity index (χ0n) is 5.84. The van der Waals surface area contributed by atoms with Crippen molar-refractivity contribution in [2.75, 3.05) is 6.61 Å². The normalized spacial score (nSPS) is 38.0. The van der Waals surface area contributed by atoms with Gasteiger partial charge in [0.25, 0.3) is 0 Å². The van der Waals surface area contributed by atoms with E-state index in [0.29, 0.717) is 5.92 Å². The maximum absolute atomic E-state index is 9.14. The molecule has 0 amide bonds.